The standard InChI is InChI=1S/C22H28ClN3O4/c1-22(2,3)24-21(28)15-30-20-14-29-18(12-19(20)27)13-25-7-9-26(10-8-25)17-6-4-5-16(23)11-17/h4-6,11-12,14H,7-10,13,15H2,1-3H3,(H,24,28). The van der Waals surface area contributed by atoms with E-state index in [1.165, 1.54) is 12.3 Å². The zero-order chi connectivity index (χ0) is 21.7. The van der Waals surface area contributed by atoms with E-state index in [9.17, 15) is 9.59 Å². The Hall–Kier alpha value is -2.51. The monoisotopic (exact) mass is 433 g/mol. The number of hydrogen-bond donors (Lipinski definition) is 1. The highest BCUT2D eigenvalue weighted by atomic mass is 35.5. The van der Waals surface area contributed by atoms with Crippen molar-refractivity contribution in [2.24, 2.45) is 0 Å². The molecule has 0 atom stereocenters. The van der Waals surface area contributed by atoms with Crippen molar-refractivity contribution in [1.29, 1.82) is 0 Å². The molecule has 0 radical (unpaired) electrons. The zero-order valence-electron chi connectivity index (χ0n) is 17.6. The summed E-state index contributed by atoms with van der Waals surface area (Å²) >= 11 is 6.08. The number of ether oxygens (including phenoxy) is 1. The summed E-state index contributed by atoms with van der Waals surface area (Å²) in [5, 5.41) is 3.51. The number of amides is 1. The molecule has 1 aliphatic heterocycles. The highest BCUT2D eigenvalue weighted by Crippen LogP contribution is 2.21. The van der Waals surface area contributed by atoms with Gasteiger partial charge in [-0.15, -0.1) is 0 Å². The number of halogens is 1. The van der Waals surface area contributed by atoms with Gasteiger partial charge in [0, 0.05) is 48.5 Å². The van der Waals surface area contributed by atoms with E-state index in [2.05, 4.69) is 21.2 Å². The van der Waals surface area contributed by atoms with Crippen molar-refractivity contribution in [2.45, 2.75) is 32.9 Å². The van der Waals surface area contributed by atoms with E-state index in [4.69, 9.17) is 20.8 Å². The second-order valence-electron chi connectivity index (χ2n) is 8.40. The van der Waals surface area contributed by atoms with Gasteiger partial charge in [0.25, 0.3) is 5.91 Å². The van der Waals surface area contributed by atoms with E-state index < -0.39 is 0 Å². The number of nitrogens with one attached hydrogen (secondary N) is 1. The lowest BCUT2D eigenvalue weighted by Crippen LogP contribution is -2.46. The van der Waals surface area contributed by atoms with Crippen LogP contribution in [0.5, 0.6) is 5.75 Å². The molecule has 8 heteroatoms. The minimum atomic E-state index is -0.355. The highest BCUT2D eigenvalue weighted by molar-refractivity contribution is 6.30. The molecular formula is C22H28ClN3O4. The van der Waals surface area contributed by atoms with E-state index in [1.807, 2.05) is 39.0 Å². The van der Waals surface area contributed by atoms with Crippen LogP contribution in [0.2, 0.25) is 5.02 Å². The van der Waals surface area contributed by atoms with E-state index >= 15 is 0 Å². The van der Waals surface area contributed by atoms with Crippen molar-refractivity contribution < 1.29 is 13.9 Å². The van der Waals surface area contributed by atoms with Gasteiger partial charge in [0.2, 0.25) is 11.2 Å². The maximum absolute atomic E-state index is 12.3. The Balaban J connectivity index is 1.50. The molecule has 0 unspecified atom stereocenters. The molecule has 3 rings (SSSR count). The predicted molar refractivity (Wildman–Crippen MR) is 117 cm³/mol. The van der Waals surface area contributed by atoms with E-state index in [1.54, 1.807) is 0 Å². The van der Waals surface area contributed by atoms with Crippen LogP contribution < -0.4 is 20.4 Å². The van der Waals surface area contributed by atoms with Gasteiger partial charge < -0.3 is 19.4 Å². The molecule has 2 heterocycles. The molecule has 162 valence electrons. The summed E-state index contributed by atoms with van der Waals surface area (Å²) in [5.41, 5.74) is 0.467. The van der Waals surface area contributed by atoms with Crippen LogP contribution in [0.3, 0.4) is 0 Å². The normalized spacial score (nSPS) is 15.1. The van der Waals surface area contributed by atoms with Crippen LogP contribution in [0.25, 0.3) is 0 Å². The van der Waals surface area contributed by atoms with Crippen molar-refractivity contribution in [1.82, 2.24) is 10.2 Å². The van der Waals surface area contributed by atoms with Gasteiger partial charge in [-0.05, 0) is 39.0 Å². The molecule has 1 aromatic heterocycles. The molecule has 30 heavy (non-hydrogen) atoms. The highest BCUT2D eigenvalue weighted by Gasteiger charge is 2.19. The average Bonchev–Trinajstić information content (AvgIpc) is 2.66. The van der Waals surface area contributed by atoms with Crippen LogP contribution in [-0.4, -0.2) is 49.1 Å². The van der Waals surface area contributed by atoms with Crippen molar-refractivity contribution in [3.05, 3.63) is 57.6 Å². The molecule has 7 nitrogen and oxygen atoms in total. The summed E-state index contributed by atoms with van der Waals surface area (Å²) in [6.07, 6.45) is 1.28. The fourth-order valence-electron chi connectivity index (χ4n) is 3.28. The molecule has 1 saturated heterocycles. The Morgan fingerprint density at radius 3 is 2.57 bits per heavy atom. The maximum Gasteiger partial charge on any atom is 0.258 e. The average molecular weight is 434 g/mol. The number of rotatable bonds is 6. The number of nitrogens with zero attached hydrogens (tertiary/aromatic N) is 2. The number of hydrogen-bond acceptors (Lipinski definition) is 6. The van der Waals surface area contributed by atoms with Crippen LogP contribution >= 0.6 is 11.6 Å². The summed E-state index contributed by atoms with van der Waals surface area (Å²) in [7, 11) is 0. The van der Waals surface area contributed by atoms with Crippen molar-refractivity contribution in [2.75, 3.05) is 37.7 Å². The third-order valence-electron chi connectivity index (χ3n) is 4.65. The fraction of sp³-hybridized carbons (Fsp3) is 0.455. The first-order valence-corrected chi connectivity index (χ1v) is 10.4. The fourth-order valence-corrected chi connectivity index (χ4v) is 3.47. The summed E-state index contributed by atoms with van der Waals surface area (Å²) in [5.74, 6) is 0.319. The predicted octanol–water partition coefficient (Wildman–Crippen LogP) is 2.91. The first-order chi connectivity index (χ1) is 14.2. The third kappa shape index (κ3) is 6.50. The first-order valence-electron chi connectivity index (χ1n) is 9.98. The molecule has 2 aromatic rings. The molecule has 0 spiro atoms. The van der Waals surface area contributed by atoms with Gasteiger partial charge in [0.05, 0.1) is 6.54 Å². The van der Waals surface area contributed by atoms with Crippen LogP contribution in [0, 0.1) is 0 Å². The second kappa shape index (κ2) is 9.53. The number of carbonyl (C=O) groups excluding carboxylic acids is 1. The number of anilines is 1. The van der Waals surface area contributed by atoms with E-state index in [0.29, 0.717) is 12.3 Å². The number of piperazine rings is 1. The van der Waals surface area contributed by atoms with Crippen LogP contribution in [-0.2, 0) is 11.3 Å². The Labute approximate surface area is 181 Å². The van der Waals surface area contributed by atoms with Crippen molar-refractivity contribution in [3.63, 3.8) is 0 Å². The SMILES string of the molecule is CC(C)(C)NC(=O)COc1coc(CN2CCN(c3cccc(Cl)c3)CC2)cc1=O. The van der Waals surface area contributed by atoms with E-state index in [0.717, 1.165) is 36.9 Å². The topological polar surface area (TPSA) is 75.0 Å². The summed E-state index contributed by atoms with van der Waals surface area (Å²) in [6.45, 7) is 9.39. The summed E-state index contributed by atoms with van der Waals surface area (Å²) in [4.78, 5) is 28.6. The number of benzene rings is 1. The van der Waals surface area contributed by atoms with Crippen molar-refractivity contribution in [3.8, 4) is 5.75 Å². The zero-order valence-corrected chi connectivity index (χ0v) is 18.4. The smallest absolute Gasteiger partial charge is 0.258 e. The maximum atomic E-state index is 12.3. The largest absolute Gasteiger partial charge is 0.477 e. The minimum Gasteiger partial charge on any atom is -0.477 e. The Morgan fingerprint density at radius 2 is 1.93 bits per heavy atom. The minimum absolute atomic E-state index is 0.0357. The van der Waals surface area contributed by atoms with Gasteiger partial charge in [0.15, 0.2) is 6.61 Å². The van der Waals surface area contributed by atoms with Gasteiger partial charge in [-0.25, -0.2) is 0 Å². The molecule has 1 amide bonds. The van der Waals surface area contributed by atoms with Gasteiger partial charge in [-0.3, -0.25) is 14.5 Å². The molecule has 0 aliphatic carbocycles. The quantitative estimate of drug-likeness (QED) is 0.755. The van der Waals surface area contributed by atoms with Crippen LogP contribution in [0.4, 0.5) is 5.69 Å². The van der Waals surface area contributed by atoms with Gasteiger partial charge in [-0.2, -0.15) is 0 Å². The molecule has 1 aromatic carbocycles. The lowest BCUT2D eigenvalue weighted by molar-refractivity contribution is -0.124. The third-order valence-corrected chi connectivity index (χ3v) is 4.89. The van der Waals surface area contributed by atoms with Crippen LogP contribution in [0.15, 0.2) is 45.8 Å². The van der Waals surface area contributed by atoms with Gasteiger partial charge >= 0.3 is 0 Å². The summed E-state index contributed by atoms with van der Waals surface area (Å²) < 4.78 is 10.9. The Morgan fingerprint density at radius 1 is 1.20 bits per heavy atom. The molecule has 1 N–H and O–H groups in total. The Bertz CT molecular complexity index is 930. The van der Waals surface area contributed by atoms with Crippen LogP contribution in [0.1, 0.15) is 26.5 Å². The summed E-state index contributed by atoms with van der Waals surface area (Å²) in [6, 6.07) is 9.28. The lowest BCUT2D eigenvalue weighted by Gasteiger charge is -2.35. The molecule has 0 saturated carbocycles. The number of carbonyl (C=O) groups is 1. The Kier molecular flexibility index (Phi) is 7.05. The molecule has 1 fully saturated rings. The first kappa shape index (κ1) is 22.2. The van der Waals surface area contributed by atoms with E-state index in [-0.39, 0.29) is 29.2 Å². The molecular weight excluding hydrogens is 406 g/mol. The molecule has 0 bridgehead atoms. The van der Waals surface area contributed by atoms with Gasteiger partial charge in [0.1, 0.15) is 12.0 Å². The molecule has 1 aliphatic rings. The van der Waals surface area contributed by atoms with Gasteiger partial charge in [-0.1, -0.05) is 17.7 Å². The lowest BCUT2D eigenvalue weighted by atomic mass is 10.1. The van der Waals surface area contributed by atoms with Crippen molar-refractivity contribution >= 4 is 23.2 Å². The second-order valence-corrected chi connectivity index (χ2v) is 8.84.